The molecule has 2 heteroatoms. The second kappa shape index (κ2) is 6.21. The Balaban J connectivity index is 2.31. The molecule has 0 aliphatic rings. The zero-order valence-corrected chi connectivity index (χ0v) is 12.4. The Hall–Kier alpha value is -1.64. The second-order valence-electron chi connectivity index (χ2n) is 5.54. The Kier molecular flexibility index (Phi) is 4.58. The summed E-state index contributed by atoms with van der Waals surface area (Å²) in [5.74, 6) is -0.0722. The van der Waals surface area contributed by atoms with Crippen molar-refractivity contribution in [3.05, 3.63) is 70.3 Å². The summed E-state index contributed by atoms with van der Waals surface area (Å²) in [5, 5.41) is 10.6. The molecule has 2 atom stereocenters. The number of hydrogen-bond donors (Lipinski definition) is 2. The lowest BCUT2D eigenvalue weighted by Gasteiger charge is -2.23. The van der Waals surface area contributed by atoms with Crippen LogP contribution in [0.25, 0.3) is 0 Å². The molecule has 0 aromatic heterocycles. The van der Waals surface area contributed by atoms with Gasteiger partial charge in [-0.3, -0.25) is 0 Å². The maximum absolute atomic E-state index is 10.6. The average Bonchev–Trinajstić information content (AvgIpc) is 2.44. The molecule has 0 heterocycles. The molecule has 0 saturated carbocycles. The summed E-state index contributed by atoms with van der Waals surface area (Å²) in [5.41, 5.74) is 11.6. The summed E-state index contributed by atoms with van der Waals surface area (Å²) in [7, 11) is 0. The van der Waals surface area contributed by atoms with Gasteiger partial charge in [0, 0.05) is 12.5 Å². The second-order valence-corrected chi connectivity index (χ2v) is 5.54. The van der Waals surface area contributed by atoms with Gasteiger partial charge >= 0.3 is 0 Å². The van der Waals surface area contributed by atoms with Crippen LogP contribution in [0.2, 0.25) is 0 Å². The van der Waals surface area contributed by atoms with Gasteiger partial charge in [0.25, 0.3) is 0 Å². The van der Waals surface area contributed by atoms with Gasteiger partial charge in [-0.25, -0.2) is 0 Å². The Morgan fingerprint density at radius 3 is 2.05 bits per heavy atom. The molecule has 0 fully saturated rings. The smallest absolute Gasteiger partial charge is 0.0870 e. The molecule has 0 amide bonds. The number of rotatable bonds is 4. The van der Waals surface area contributed by atoms with Crippen LogP contribution < -0.4 is 5.73 Å². The number of hydrogen-bond acceptors (Lipinski definition) is 2. The van der Waals surface area contributed by atoms with E-state index < -0.39 is 6.10 Å². The molecule has 0 aliphatic carbocycles. The highest BCUT2D eigenvalue weighted by Gasteiger charge is 2.21. The first-order valence-corrected chi connectivity index (χ1v) is 7.04. The molecule has 0 aliphatic heterocycles. The first-order valence-electron chi connectivity index (χ1n) is 7.04. The first-order chi connectivity index (χ1) is 9.52. The molecular weight excluding hydrogens is 246 g/mol. The van der Waals surface area contributed by atoms with Gasteiger partial charge < -0.3 is 10.8 Å². The van der Waals surface area contributed by atoms with Gasteiger partial charge in [0.15, 0.2) is 0 Å². The van der Waals surface area contributed by atoms with Crippen molar-refractivity contribution < 1.29 is 5.11 Å². The van der Waals surface area contributed by atoms with E-state index in [4.69, 9.17) is 5.73 Å². The highest BCUT2D eigenvalue weighted by atomic mass is 16.3. The van der Waals surface area contributed by atoms with Crippen molar-refractivity contribution in [2.45, 2.75) is 32.8 Å². The molecule has 0 spiro atoms. The average molecular weight is 269 g/mol. The Morgan fingerprint density at radius 1 is 0.900 bits per heavy atom. The molecule has 20 heavy (non-hydrogen) atoms. The van der Waals surface area contributed by atoms with Crippen molar-refractivity contribution >= 4 is 0 Å². The number of aliphatic hydroxyl groups is 1. The van der Waals surface area contributed by atoms with Crippen molar-refractivity contribution in [3.63, 3.8) is 0 Å². The van der Waals surface area contributed by atoms with E-state index in [0.29, 0.717) is 6.54 Å². The van der Waals surface area contributed by atoms with Crippen molar-refractivity contribution in [2.24, 2.45) is 5.73 Å². The fourth-order valence-electron chi connectivity index (χ4n) is 2.44. The molecule has 2 aromatic carbocycles. The predicted molar refractivity (Wildman–Crippen MR) is 83.9 cm³/mol. The molecule has 3 N–H and O–H groups in total. The highest BCUT2D eigenvalue weighted by molar-refractivity contribution is 5.34. The van der Waals surface area contributed by atoms with Crippen molar-refractivity contribution in [1.29, 1.82) is 0 Å². The van der Waals surface area contributed by atoms with Crippen LogP contribution >= 0.6 is 0 Å². The molecule has 106 valence electrons. The van der Waals surface area contributed by atoms with E-state index in [2.05, 4.69) is 32.0 Å². The molecule has 0 radical (unpaired) electrons. The fourth-order valence-corrected chi connectivity index (χ4v) is 2.44. The monoisotopic (exact) mass is 269 g/mol. The normalized spacial score (nSPS) is 14.1. The van der Waals surface area contributed by atoms with Crippen LogP contribution in [0.1, 0.15) is 39.8 Å². The van der Waals surface area contributed by atoms with Gasteiger partial charge in [-0.1, -0.05) is 48.0 Å². The van der Waals surface area contributed by atoms with Gasteiger partial charge in [-0.05, 0) is 43.0 Å². The molecule has 0 bridgehead atoms. The molecule has 2 rings (SSSR count). The lowest BCUT2D eigenvalue weighted by molar-refractivity contribution is 0.147. The van der Waals surface area contributed by atoms with Gasteiger partial charge in [0.1, 0.15) is 0 Å². The minimum Gasteiger partial charge on any atom is -0.388 e. The van der Waals surface area contributed by atoms with Crippen molar-refractivity contribution in [1.82, 2.24) is 0 Å². The van der Waals surface area contributed by atoms with Crippen LogP contribution in [-0.2, 0) is 0 Å². The topological polar surface area (TPSA) is 46.2 Å². The van der Waals surface area contributed by atoms with E-state index in [9.17, 15) is 5.11 Å². The summed E-state index contributed by atoms with van der Waals surface area (Å²) in [6.07, 6.45) is -0.567. The third kappa shape index (κ3) is 3.09. The number of aryl methyl sites for hydroxylation is 3. The molecule has 2 unspecified atom stereocenters. The van der Waals surface area contributed by atoms with Crippen molar-refractivity contribution in [3.8, 4) is 0 Å². The van der Waals surface area contributed by atoms with Crippen LogP contribution in [0, 0.1) is 20.8 Å². The Morgan fingerprint density at radius 2 is 1.50 bits per heavy atom. The quantitative estimate of drug-likeness (QED) is 0.893. The summed E-state index contributed by atoms with van der Waals surface area (Å²) >= 11 is 0. The maximum atomic E-state index is 10.6. The zero-order valence-electron chi connectivity index (χ0n) is 12.4. The van der Waals surface area contributed by atoms with Crippen LogP contribution in [0.3, 0.4) is 0 Å². The minimum atomic E-state index is -0.567. The number of nitrogens with two attached hydrogens (primary N) is 1. The summed E-state index contributed by atoms with van der Waals surface area (Å²) in [4.78, 5) is 0. The third-order valence-electron chi connectivity index (χ3n) is 4.01. The number of aliphatic hydroxyl groups excluding tert-OH is 1. The Labute approximate surface area is 121 Å². The zero-order chi connectivity index (χ0) is 14.7. The number of benzene rings is 2. The van der Waals surface area contributed by atoms with Gasteiger partial charge in [0.05, 0.1) is 6.10 Å². The highest BCUT2D eigenvalue weighted by Crippen LogP contribution is 2.31. The third-order valence-corrected chi connectivity index (χ3v) is 4.01. The van der Waals surface area contributed by atoms with Crippen LogP contribution in [0.4, 0.5) is 0 Å². The van der Waals surface area contributed by atoms with Crippen LogP contribution in [0.5, 0.6) is 0 Å². The first kappa shape index (κ1) is 14.8. The van der Waals surface area contributed by atoms with Crippen LogP contribution in [0.15, 0.2) is 42.5 Å². The summed E-state index contributed by atoms with van der Waals surface area (Å²) in [6, 6.07) is 14.3. The minimum absolute atomic E-state index is 0.0722. The standard InChI is InChI=1S/C18H23NO/c1-12-4-7-15(8-5-12)18(20)17(11-19)16-9-6-13(2)14(3)10-16/h4-10,17-18,20H,11,19H2,1-3H3. The summed E-state index contributed by atoms with van der Waals surface area (Å²) in [6.45, 7) is 6.65. The van der Waals surface area contributed by atoms with Crippen molar-refractivity contribution in [2.75, 3.05) is 6.54 Å². The van der Waals surface area contributed by atoms with E-state index in [1.807, 2.05) is 31.2 Å². The van der Waals surface area contributed by atoms with E-state index in [-0.39, 0.29) is 5.92 Å². The van der Waals surface area contributed by atoms with Gasteiger partial charge in [-0.15, -0.1) is 0 Å². The summed E-state index contributed by atoms with van der Waals surface area (Å²) < 4.78 is 0. The largest absolute Gasteiger partial charge is 0.388 e. The van der Waals surface area contributed by atoms with Crippen LogP contribution in [-0.4, -0.2) is 11.7 Å². The SMILES string of the molecule is Cc1ccc(C(O)C(CN)c2ccc(C)c(C)c2)cc1. The van der Waals surface area contributed by atoms with E-state index in [0.717, 1.165) is 11.1 Å². The fraction of sp³-hybridized carbons (Fsp3) is 0.333. The van der Waals surface area contributed by atoms with Gasteiger partial charge in [0.2, 0.25) is 0 Å². The van der Waals surface area contributed by atoms with E-state index >= 15 is 0 Å². The Bertz CT molecular complexity index is 574. The molecular formula is C18H23NO. The molecule has 2 nitrogen and oxygen atoms in total. The lowest BCUT2D eigenvalue weighted by atomic mass is 9.87. The molecule has 2 aromatic rings. The van der Waals surface area contributed by atoms with E-state index in [1.165, 1.54) is 16.7 Å². The van der Waals surface area contributed by atoms with Gasteiger partial charge in [-0.2, -0.15) is 0 Å². The maximum Gasteiger partial charge on any atom is 0.0870 e. The molecule has 0 saturated heterocycles. The lowest BCUT2D eigenvalue weighted by Crippen LogP contribution is -2.20. The predicted octanol–water partition coefficient (Wildman–Crippen LogP) is 3.39. The van der Waals surface area contributed by atoms with E-state index in [1.54, 1.807) is 0 Å².